The third-order valence-electron chi connectivity index (χ3n) is 2.55. The van der Waals surface area contributed by atoms with Crippen molar-refractivity contribution in [3.8, 4) is 11.8 Å². The predicted octanol–water partition coefficient (Wildman–Crippen LogP) is 3.87. The first-order chi connectivity index (χ1) is 9.79. The van der Waals surface area contributed by atoms with Gasteiger partial charge in [-0.1, -0.05) is 30.0 Å². The summed E-state index contributed by atoms with van der Waals surface area (Å²) in [6.07, 6.45) is 2.31. The lowest BCUT2D eigenvalue weighted by molar-refractivity contribution is 0.305. The van der Waals surface area contributed by atoms with Crippen molar-refractivity contribution >= 4 is 27.7 Å². The van der Waals surface area contributed by atoms with Crippen LogP contribution >= 0.6 is 27.7 Å². The molecule has 0 saturated heterocycles. The molecule has 0 amide bonds. The normalized spacial score (nSPS) is 9.90. The molecule has 0 radical (unpaired) electrons. The summed E-state index contributed by atoms with van der Waals surface area (Å²) in [6, 6.07) is 12.1. The Hall–Kier alpha value is -1.28. The first-order valence-corrected chi connectivity index (χ1v) is 7.99. The molecule has 0 atom stereocenters. The van der Waals surface area contributed by atoms with Gasteiger partial charge in [-0.05, 0) is 39.7 Å². The van der Waals surface area contributed by atoms with Gasteiger partial charge in [-0.25, -0.2) is 4.98 Å². The van der Waals surface area contributed by atoms with Gasteiger partial charge in [-0.3, -0.25) is 0 Å². The van der Waals surface area contributed by atoms with Gasteiger partial charge in [0, 0.05) is 28.4 Å². The number of pyridine rings is 1. The van der Waals surface area contributed by atoms with E-state index in [9.17, 15) is 0 Å². The molecule has 4 heteroatoms. The second-order valence-corrected chi connectivity index (χ2v) is 5.95. The first kappa shape index (κ1) is 15.1. The standard InChI is InChI=1S/C16H14BrNOS/c17-15-8-9-16(18-11-15)20-12-14-7-2-1-5-13(14)6-3-4-10-19/h1-2,5,7-9,11,19H,4,10,12H2. The monoisotopic (exact) mass is 347 g/mol. The number of aliphatic hydroxyl groups excluding tert-OH is 1. The lowest BCUT2D eigenvalue weighted by Crippen LogP contribution is -1.88. The topological polar surface area (TPSA) is 33.1 Å². The molecule has 0 bridgehead atoms. The van der Waals surface area contributed by atoms with Crippen molar-refractivity contribution in [1.82, 2.24) is 4.98 Å². The molecule has 2 aromatic rings. The Morgan fingerprint density at radius 2 is 2.05 bits per heavy atom. The Balaban J connectivity index is 2.06. The molecule has 0 spiro atoms. The van der Waals surface area contributed by atoms with E-state index in [4.69, 9.17) is 5.11 Å². The molecule has 2 nitrogen and oxygen atoms in total. The van der Waals surface area contributed by atoms with Crippen LogP contribution in [0.2, 0.25) is 0 Å². The van der Waals surface area contributed by atoms with Gasteiger partial charge in [0.2, 0.25) is 0 Å². The third kappa shape index (κ3) is 4.68. The first-order valence-electron chi connectivity index (χ1n) is 6.21. The van der Waals surface area contributed by atoms with Crippen LogP contribution in [0.1, 0.15) is 17.5 Å². The highest BCUT2D eigenvalue weighted by molar-refractivity contribution is 9.10. The van der Waals surface area contributed by atoms with Gasteiger partial charge in [0.15, 0.2) is 0 Å². The molecule has 1 aromatic carbocycles. The Labute approximate surface area is 131 Å². The molecule has 0 saturated carbocycles. The number of hydrogen-bond donors (Lipinski definition) is 1. The van der Waals surface area contributed by atoms with Crippen LogP contribution in [0.15, 0.2) is 52.1 Å². The molecule has 2 rings (SSSR count). The van der Waals surface area contributed by atoms with E-state index in [0.717, 1.165) is 20.8 Å². The molecule has 20 heavy (non-hydrogen) atoms. The third-order valence-corrected chi connectivity index (χ3v) is 4.01. The predicted molar refractivity (Wildman–Crippen MR) is 86.5 cm³/mol. The molecular weight excluding hydrogens is 334 g/mol. The molecule has 1 aromatic heterocycles. The van der Waals surface area contributed by atoms with E-state index in [-0.39, 0.29) is 6.61 Å². The van der Waals surface area contributed by atoms with Crippen molar-refractivity contribution in [3.05, 3.63) is 58.2 Å². The molecule has 0 aliphatic heterocycles. The summed E-state index contributed by atoms with van der Waals surface area (Å²) >= 11 is 5.06. The molecule has 1 heterocycles. The van der Waals surface area contributed by atoms with E-state index in [1.165, 1.54) is 5.56 Å². The Morgan fingerprint density at radius 3 is 2.80 bits per heavy atom. The van der Waals surface area contributed by atoms with Gasteiger partial charge in [0.1, 0.15) is 0 Å². The second-order valence-electron chi connectivity index (χ2n) is 4.04. The van der Waals surface area contributed by atoms with E-state index in [1.54, 1.807) is 18.0 Å². The zero-order valence-electron chi connectivity index (χ0n) is 10.8. The van der Waals surface area contributed by atoms with Crippen molar-refractivity contribution in [2.75, 3.05) is 6.61 Å². The SMILES string of the molecule is OCCC#Cc1ccccc1CSc1ccc(Br)cn1. The average molecular weight is 348 g/mol. The Bertz CT molecular complexity index is 616. The van der Waals surface area contributed by atoms with Gasteiger partial charge in [0.25, 0.3) is 0 Å². The number of aliphatic hydroxyl groups is 1. The van der Waals surface area contributed by atoms with Gasteiger partial charge in [0.05, 0.1) is 11.6 Å². The number of nitrogens with zero attached hydrogens (tertiary/aromatic N) is 1. The molecule has 0 aliphatic rings. The van der Waals surface area contributed by atoms with E-state index in [2.05, 4.69) is 38.8 Å². The smallest absolute Gasteiger partial charge is 0.0963 e. The summed E-state index contributed by atoms with van der Waals surface area (Å²) < 4.78 is 0.983. The summed E-state index contributed by atoms with van der Waals surface area (Å²) in [5.74, 6) is 6.91. The van der Waals surface area contributed by atoms with Crippen LogP contribution in [0.3, 0.4) is 0 Å². The highest BCUT2D eigenvalue weighted by Crippen LogP contribution is 2.23. The molecule has 1 N–H and O–H groups in total. The van der Waals surface area contributed by atoms with Crippen LogP contribution in [0, 0.1) is 11.8 Å². The maximum Gasteiger partial charge on any atom is 0.0963 e. The minimum Gasteiger partial charge on any atom is -0.395 e. The lowest BCUT2D eigenvalue weighted by Gasteiger charge is -2.04. The fourth-order valence-electron chi connectivity index (χ4n) is 1.58. The van der Waals surface area contributed by atoms with E-state index in [0.29, 0.717) is 6.42 Å². The number of aromatic nitrogens is 1. The Morgan fingerprint density at radius 1 is 1.20 bits per heavy atom. The number of hydrogen-bond acceptors (Lipinski definition) is 3. The van der Waals surface area contributed by atoms with Crippen LogP contribution < -0.4 is 0 Å². The molecule has 102 valence electrons. The van der Waals surface area contributed by atoms with Crippen LogP contribution in [-0.2, 0) is 5.75 Å². The van der Waals surface area contributed by atoms with Crippen molar-refractivity contribution in [1.29, 1.82) is 0 Å². The van der Waals surface area contributed by atoms with E-state index < -0.39 is 0 Å². The largest absolute Gasteiger partial charge is 0.395 e. The van der Waals surface area contributed by atoms with Crippen LogP contribution in [0.5, 0.6) is 0 Å². The van der Waals surface area contributed by atoms with Crippen LogP contribution in [0.25, 0.3) is 0 Å². The highest BCUT2D eigenvalue weighted by Gasteiger charge is 2.01. The maximum absolute atomic E-state index is 8.77. The highest BCUT2D eigenvalue weighted by atomic mass is 79.9. The lowest BCUT2D eigenvalue weighted by atomic mass is 10.1. The Kier molecular flexibility index (Phi) is 6.13. The van der Waals surface area contributed by atoms with Crippen molar-refractivity contribution in [3.63, 3.8) is 0 Å². The van der Waals surface area contributed by atoms with Crippen molar-refractivity contribution in [2.24, 2.45) is 0 Å². The van der Waals surface area contributed by atoms with Crippen LogP contribution in [0.4, 0.5) is 0 Å². The summed E-state index contributed by atoms with van der Waals surface area (Å²) in [6.45, 7) is 0.104. The van der Waals surface area contributed by atoms with Crippen LogP contribution in [-0.4, -0.2) is 16.7 Å². The molecule has 0 aliphatic carbocycles. The number of halogens is 1. The summed E-state index contributed by atoms with van der Waals surface area (Å²) in [4.78, 5) is 4.35. The summed E-state index contributed by atoms with van der Waals surface area (Å²) in [5.41, 5.74) is 2.21. The van der Waals surface area contributed by atoms with E-state index in [1.807, 2.05) is 30.3 Å². The second kappa shape index (κ2) is 8.11. The number of rotatable bonds is 4. The average Bonchev–Trinajstić information content (AvgIpc) is 2.48. The minimum atomic E-state index is 0.104. The molecule has 0 fully saturated rings. The van der Waals surface area contributed by atoms with Crippen molar-refractivity contribution < 1.29 is 5.11 Å². The maximum atomic E-state index is 8.77. The van der Waals surface area contributed by atoms with E-state index >= 15 is 0 Å². The van der Waals surface area contributed by atoms with Gasteiger partial charge < -0.3 is 5.11 Å². The van der Waals surface area contributed by atoms with Crippen molar-refractivity contribution in [2.45, 2.75) is 17.2 Å². The fourth-order valence-corrected chi connectivity index (χ4v) is 2.66. The minimum absolute atomic E-state index is 0.104. The molecule has 0 unspecified atom stereocenters. The number of thioether (sulfide) groups is 1. The quantitative estimate of drug-likeness (QED) is 0.673. The summed E-state index contributed by atoms with van der Waals surface area (Å²) in [7, 11) is 0. The van der Waals surface area contributed by atoms with Gasteiger partial charge >= 0.3 is 0 Å². The van der Waals surface area contributed by atoms with Gasteiger partial charge in [-0.15, -0.1) is 11.8 Å². The van der Waals surface area contributed by atoms with Gasteiger partial charge in [-0.2, -0.15) is 0 Å². The fraction of sp³-hybridized carbons (Fsp3) is 0.188. The zero-order valence-corrected chi connectivity index (χ0v) is 13.2. The number of benzene rings is 1. The summed E-state index contributed by atoms with van der Waals surface area (Å²) in [5, 5.41) is 9.76. The zero-order chi connectivity index (χ0) is 14.2. The molecular formula is C16H14BrNOS.